The second-order valence-corrected chi connectivity index (χ2v) is 4.55. The fourth-order valence-corrected chi connectivity index (χ4v) is 2.42. The Morgan fingerprint density at radius 1 is 1.42 bits per heavy atom. The minimum atomic E-state index is 0.736. The van der Waals surface area contributed by atoms with Gasteiger partial charge in [0.25, 0.3) is 0 Å². The Hall–Kier alpha value is -0.0800. The van der Waals surface area contributed by atoms with Crippen LogP contribution in [0.5, 0.6) is 0 Å². The number of rotatable bonds is 1. The van der Waals surface area contributed by atoms with Gasteiger partial charge < -0.3 is 5.32 Å². The van der Waals surface area contributed by atoms with E-state index in [1.54, 1.807) is 0 Å². The molecule has 0 aliphatic carbocycles. The van der Waals surface area contributed by atoms with E-state index in [1.807, 2.05) is 0 Å². The van der Waals surface area contributed by atoms with Crippen molar-refractivity contribution in [3.8, 4) is 0 Å². The van der Waals surface area contributed by atoms with Gasteiger partial charge in [-0.05, 0) is 25.3 Å². The van der Waals surface area contributed by atoms with Gasteiger partial charge in [0.2, 0.25) is 0 Å². The molecule has 2 saturated heterocycles. The van der Waals surface area contributed by atoms with Crippen LogP contribution >= 0.6 is 0 Å². The highest BCUT2D eigenvalue weighted by molar-refractivity contribution is 4.90. The van der Waals surface area contributed by atoms with Gasteiger partial charge in [0.1, 0.15) is 0 Å². The molecule has 2 aliphatic rings. The predicted molar refractivity (Wildman–Crippen MR) is 51.2 cm³/mol. The Morgan fingerprint density at radius 3 is 3.00 bits per heavy atom. The highest BCUT2D eigenvalue weighted by atomic mass is 15.2. The Balaban J connectivity index is 1.92. The maximum absolute atomic E-state index is 3.65. The first-order chi connectivity index (χ1) is 5.77. The van der Waals surface area contributed by atoms with Crippen LogP contribution in [0.4, 0.5) is 0 Å². The molecule has 2 fully saturated rings. The monoisotopic (exact) mass is 168 g/mol. The van der Waals surface area contributed by atoms with E-state index < -0.39 is 0 Å². The molecule has 1 N–H and O–H groups in total. The van der Waals surface area contributed by atoms with Gasteiger partial charge in [0.15, 0.2) is 0 Å². The third-order valence-electron chi connectivity index (χ3n) is 3.35. The van der Waals surface area contributed by atoms with Crippen molar-refractivity contribution in [2.75, 3.05) is 19.6 Å². The molecule has 0 aromatic rings. The Labute approximate surface area is 75.3 Å². The Kier molecular flexibility index (Phi) is 2.37. The molecule has 0 unspecified atom stereocenters. The first-order valence-corrected chi connectivity index (χ1v) is 5.25. The van der Waals surface area contributed by atoms with Gasteiger partial charge >= 0.3 is 0 Å². The maximum atomic E-state index is 3.65. The first-order valence-electron chi connectivity index (χ1n) is 5.25. The molecule has 12 heavy (non-hydrogen) atoms. The second-order valence-electron chi connectivity index (χ2n) is 4.55. The summed E-state index contributed by atoms with van der Waals surface area (Å²) in [5, 5.41) is 3.65. The first kappa shape index (κ1) is 8.52. The van der Waals surface area contributed by atoms with Crippen LogP contribution < -0.4 is 5.32 Å². The second kappa shape index (κ2) is 3.35. The fourth-order valence-electron chi connectivity index (χ4n) is 2.42. The van der Waals surface area contributed by atoms with E-state index in [2.05, 4.69) is 24.1 Å². The highest BCUT2D eigenvalue weighted by Gasteiger charge is 2.31. The number of hydrogen-bond acceptors (Lipinski definition) is 2. The zero-order valence-electron chi connectivity index (χ0n) is 8.21. The predicted octanol–water partition coefficient (Wildman–Crippen LogP) is 1.08. The van der Waals surface area contributed by atoms with Gasteiger partial charge in [-0.2, -0.15) is 0 Å². The largest absolute Gasteiger partial charge is 0.311 e. The fraction of sp³-hybridized carbons (Fsp3) is 1.00. The van der Waals surface area contributed by atoms with E-state index in [1.165, 1.54) is 32.5 Å². The molecular formula is C10H20N2. The van der Waals surface area contributed by atoms with E-state index in [0.717, 1.165) is 18.0 Å². The molecular weight excluding hydrogens is 148 g/mol. The molecule has 2 aliphatic heterocycles. The summed E-state index contributed by atoms with van der Waals surface area (Å²) >= 11 is 0. The molecule has 0 amide bonds. The summed E-state index contributed by atoms with van der Waals surface area (Å²) in [5.74, 6) is 0.784. The van der Waals surface area contributed by atoms with Crippen molar-refractivity contribution in [2.24, 2.45) is 5.92 Å². The molecule has 2 rings (SSSR count). The van der Waals surface area contributed by atoms with Gasteiger partial charge in [-0.1, -0.05) is 13.8 Å². The van der Waals surface area contributed by atoms with E-state index in [4.69, 9.17) is 0 Å². The molecule has 0 radical (unpaired) electrons. The minimum absolute atomic E-state index is 0.736. The molecule has 70 valence electrons. The van der Waals surface area contributed by atoms with E-state index in [-0.39, 0.29) is 0 Å². The van der Waals surface area contributed by atoms with Gasteiger partial charge in [0, 0.05) is 25.2 Å². The van der Waals surface area contributed by atoms with Crippen LogP contribution in [0.2, 0.25) is 0 Å². The van der Waals surface area contributed by atoms with Gasteiger partial charge in [-0.25, -0.2) is 0 Å². The molecule has 2 nitrogen and oxygen atoms in total. The van der Waals surface area contributed by atoms with Crippen LogP contribution in [-0.2, 0) is 0 Å². The summed E-state index contributed by atoms with van der Waals surface area (Å²) in [6.45, 7) is 8.48. The third kappa shape index (κ3) is 1.50. The average molecular weight is 168 g/mol. The van der Waals surface area contributed by atoms with Crippen LogP contribution in [0.25, 0.3) is 0 Å². The number of hydrogen-bond donors (Lipinski definition) is 1. The molecule has 2 heterocycles. The van der Waals surface area contributed by atoms with Crippen LogP contribution in [0.1, 0.15) is 26.7 Å². The molecule has 0 spiro atoms. The summed E-state index contributed by atoms with van der Waals surface area (Å²) in [6.07, 6.45) is 2.83. The molecule has 2 atom stereocenters. The lowest BCUT2D eigenvalue weighted by molar-refractivity contribution is 0.151. The van der Waals surface area contributed by atoms with Crippen molar-refractivity contribution in [3.63, 3.8) is 0 Å². The normalized spacial score (nSPS) is 37.2. The van der Waals surface area contributed by atoms with Crippen molar-refractivity contribution < 1.29 is 0 Å². The number of fused-ring (bicyclic) bond motifs is 1. The lowest BCUT2D eigenvalue weighted by atomic mass is 10.0. The third-order valence-corrected chi connectivity index (χ3v) is 3.35. The van der Waals surface area contributed by atoms with Crippen LogP contribution in [0.3, 0.4) is 0 Å². The smallest absolute Gasteiger partial charge is 0.0221 e. The zero-order chi connectivity index (χ0) is 8.55. The number of nitrogens with zero attached hydrogens (tertiary/aromatic N) is 1. The number of nitrogens with one attached hydrogen (secondary N) is 1. The van der Waals surface area contributed by atoms with Crippen molar-refractivity contribution in [3.05, 3.63) is 0 Å². The Morgan fingerprint density at radius 2 is 2.25 bits per heavy atom. The van der Waals surface area contributed by atoms with Crippen LogP contribution in [0.15, 0.2) is 0 Å². The quantitative estimate of drug-likeness (QED) is 0.630. The minimum Gasteiger partial charge on any atom is -0.311 e. The molecule has 0 bridgehead atoms. The number of piperazine rings is 1. The standard InChI is InChI=1S/C10H20N2/c1-8(2)10-7-12-5-3-4-9(12)6-11-10/h8-11H,3-7H2,1-2H3/t9-,10-/m0/s1. The molecule has 2 heteroatoms. The lowest BCUT2D eigenvalue weighted by Crippen LogP contribution is -2.55. The summed E-state index contributed by atoms with van der Waals surface area (Å²) < 4.78 is 0. The van der Waals surface area contributed by atoms with Gasteiger partial charge in [0.05, 0.1) is 0 Å². The van der Waals surface area contributed by atoms with E-state index in [0.29, 0.717) is 0 Å². The van der Waals surface area contributed by atoms with Crippen molar-refractivity contribution in [1.82, 2.24) is 10.2 Å². The summed E-state index contributed by atoms with van der Waals surface area (Å²) in [4.78, 5) is 2.67. The molecule has 0 saturated carbocycles. The summed E-state index contributed by atoms with van der Waals surface area (Å²) in [6, 6.07) is 1.60. The topological polar surface area (TPSA) is 15.3 Å². The van der Waals surface area contributed by atoms with E-state index in [9.17, 15) is 0 Å². The van der Waals surface area contributed by atoms with E-state index >= 15 is 0 Å². The van der Waals surface area contributed by atoms with Crippen molar-refractivity contribution in [1.29, 1.82) is 0 Å². The highest BCUT2D eigenvalue weighted by Crippen LogP contribution is 2.21. The van der Waals surface area contributed by atoms with Crippen LogP contribution in [0, 0.1) is 5.92 Å². The van der Waals surface area contributed by atoms with Gasteiger partial charge in [-0.15, -0.1) is 0 Å². The SMILES string of the molecule is CC(C)[C@@H]1CN2CCC[C@H]2CN1. The summed E-state index contributed by atoms with van der Waals surface area (Å²) in [5.41, 5.74) is 0. The maximum Gasteiger partial charge on any atom is 0.0221 e. The molecule has 0 aromatic heterocycles. The van der Waals surface area contributed by atoms with Gasteiger partial charge in [-0.3, -0.25) is 4.90 Å². The van der Waals surface area contributed by atoms with Crippen LogP contribution in [-0.4, -0.2) is 36.6 Å². The molecule has 0 aromatic carbocycles. The van der Waals surface area contributed by atoms with Crippen molar-refractivity contribution in [2.45, 2.75) is 38.8 Å². The van der Waals surface area contributed by atoms with Crippen molar-refractivity contribution >= 4 is 0 Å². The lowest BCUT2D eigenvalue weighted by Gasteiger charge is -2.37. The Bertz CT molecular complexity index is 156. The summed E-state index contributed by atoms with van der Waals surface area (Å²) in [7, 11) is 0. The average Bonchev–Trinajstić information content (AvgIpc) is 2.49. The zero-order valence-corrected chi connectivity index (χ0v) is 8.21.